The van der Waals surface area contributed by atoms with E-state index in [1.54, 1.807) is 0 Å². The van der Waals surface area contributed by atoms with Crippen LogP contribution < -0.4 is 9.47 Å². The minimum atomic E-state index is 0.620. The van der Waals surface area contributed by atoms with Crippen molar-refractivity contribution in [2.75, 3.05) is 13.2 Å². The van der Waals surface area contributed by atoms with Crippen molar-refractivity contribution in [3.8, 4) is 34.0 Å². The van der Waals surface area contributed by atoms with Crippen LogP contribution in [0.3, 0.4) is 0 Å². The predicted octanol–water partition coefficient (Wildman–Crippen LogP) is 15.0. The van der Waals surface area contributed by atoms with Gasteiger partial charge in [-0.25, -0.2) is 9.97 Å². The molecule has 0 unspecified atom stereocenters. The maximum absolute atomic E-state index is 6.58. The molecule has 0 saturated heterocycles. The van der Waals surface area contributed by atoms with Crippen LogP contribution in [0.4, 0.5) is 0 Å². The van der Waals surface area contributed by atoms with Gasteiger partial charge < -0.3 is 9.47 Å². The van der Waals surface area contributed by atoms with Gasteiger partial charge in [-0.1, -0.05) is 193 Å². The van der Waals surface area contributed by atoms with Crippen molar-refractivity contribution in [1.82, 2.24) is 9.97 Å². The molecule has 0 saturated carbocycles. The summed E-state index contributed by atoms with van der Waals surface area (Å²) in [4.78, 5) is 10.5. The van der Waals surface area contributed by atoms with E-state index in [0.29, 0.717) is 25.0 Å². The summed E-state index contributed by atoms with van der Waals surface area (Å²) in [6.07, 6.45) is 18.0. The third-order valence-electron chi connectivity index (χ3n) is 11.3. The molecule has 0 spiro atoms. The zero-order chi connectivity index (χ0) is 38.7. The number of fused-ring (bicyclic) bond motifs is 1. The van der Waals surface area contributed by atoms with Gasteiger partial charge in [-0.15, -0.1) is 0 Å². The summed E-state index contributed by atoms with van der Waals surface area (Å²) in [6.45, 7) is 20.3. The first-order valence-electron chi connectivity index (χ1n) is 21.8. The molecule has 3 aromatic carbocycles. The second kappa shape index (κ2) is 23.5. The standard InChI is InChI=1S/C50H74N2O2/c1-37(2)19-15-21-39(5)23-17-25-41(7)31-33-53-47-35-45-46(36-48(47)54-34-32-42(8)26-18-24-40(6)22-16-20-38(3)4)52-50(44-29-13-10-14-30-44)49(51-45)43-27-11-9-12-28-43/h9-14,27-30,35-42H,15-26,31-34H2,1-8H3/t39-,40-,41-,42-/m1/s1. The molecule has 296 valence electrons. The fourth-order valence-electron chi connectivity index (χ4n) is 7.58. The molecule has 54 heavy (non-hydrogen) atoms. The van der Waals surface area contributed by atoms with Crippen LogP contribution >= 0.6 is 0 Å². The van der Waals surface area contributed by atoms with Gasteiger partial charge in [0.1, 0.15) is 0 Å². The summed E-state index contributed by atoms with van der Waals surface area (Å²) in [5.74, 6) is 6.05. The highest BCUT2D eigenvalue weighted by Gasteiger charge is 2.18. The molecule has 0 N–H and O–H groups in total. The summed E-state index contributed by atoms with van der Waals surface area (Å²) >= 11 is 0. The average molecular weight is 735 g/mol. The van der Waals surface area contributed by atoms with E-state index in [4.69, 9.17) is 19.4 Å². The lowest BCUT2D eigenvalue weighted by atomic mass is 9.93. The van der Waals surface area contributed by atoms with Gasteiger partial charge in [0.15, 0.2) is 11.5 Å². The molecular weight excluding hydrogens is 661 g/mol. The molecule has 4 atom stereocenters. The first kappa shape index (κ1) is 43.3. The van der Waals surface area contributed by atoms with E-state index in [9.17, 15) is 0 Å². The topological polar surface area (TPSA) is 44.2 Å². The van der Waals surface area contributed by atoms with Gasteiger partial charge >= 0.3 is 0 Å². The summed E-state index contributed by atoms with van der Waals surface area (Å²) in [5, 5.41) is 0. The Morgan fingerprint density at radius 3 is 1.06 bits per heavy atom. The quantitative estimate of drug-likeness (QED) is 0.0644. The van der Waals surface area contributed by atoms with Crippen molar-refractivity contribution in [2.24, 2.45) is 35.5 Å². The van der Waals surface area contributed by atoms with E-state index in [1.807, 2.05) is 12.1 Å². The highest BCUT2D eigenvalue weighted by molar-refractivity contribution is 5.88. The highest BCUT2D eigenvalue weighted by atomic mass is 16.5. The van der Waals surface area contributed by atoms with E-state index >= 15 is 0 Å². The van der Waals surface area contributed by atoms with E-state index in [0.717, 1.165) is 81.6 Å². The number of aromatic nitrogens is 2. The van der Waals surface area contributed by atoms with Crippen molar-refractivity contribution in [3.05, 3.63) is 72.8 Å². The first-order valence-corrected chi connectivity index (χ1v) is 21.8. The molecule has 0 aliphatic rings. The minimum absolute atomic E-state index is 0.620. The molecule has 4 heteroatoms. The average Bonchev–Trinajstić information content (AvgIpc) is 3.15. The summed E-state index contributed by atoms with van der Waals surface area (Å²) < 4.78 is 13.2. The Labute approximate surface area is 330 Å². The summed E-state index contributed by atoms with van der Waals surface area (Å²) in [7, 11) is 0. The Morgan fingerprint density at radius 2 is 0.722 bits per heavy atom. The van der Waals surface area contributed by atoms with Crippen LogP contribution in [-0.4, -0.2) is 23.2 Å². The van der Waals surface area contributed by atoms with Gasteiger partial charge in [0.25, 0.3) is 0 Å². The molecule has 0 fully saturated rings. The second-order valence-corrected chi connectivity index (χ2v) is 17.6. The zero-order valence-corrected chi connectivity index (χ0v) is 35.4. The minimum Gasteiger partial charge on any atom is -0.490 e. The van der Waals surface area contributed by atoms with Gasteiger partial charge in [-0.05, 0) is 48.3 Å². The summed E-state index contributed by atoms with van der Waals surface area (Å²) in [6, 6.07) is 24.9. The van der Waals surface area contributed by atoms with Crippen LogP contribution in [0, 0.1) is 35.5 Å². The van der Waals surface area contributed by atoms with Crippen LogP contribution in [0.15, 0.2) is 72.8 Å². The van der Waals surface area contributed by atoms with E-state index < -0.39 is 0 Å². The Hall–Kier alpha value is -3.40. The third-order valence-corrected chi connectivity index (χ3v) is 11.3. The number of hydrogen-bond acceptors (Lipinski definition) is 4. The Kier molecular flexibility index (Phi) is 18.9. The SMILES string of the molecule is CC(C)CCC[C@@H](C)CCC[C@@H](C)CCOc1cc2nc(-c3ccccc3)c(-c3ccccc3)nc2cc1OCC[C@H](C)CCC[C@H](C)CCCC(C)C. The van der Waals surface area contributed by atoms with Crippen LogP contribution in [0.25, 0.3) is 33.5 Å². The van der Waals surface area contributed by atoms with E-state index in [-0.39, 0.29) is 0 Å². The largest absolute Gasteiger partial charge is 0.490 e. The zero-order valence-electron chi connectivity index (χ0n) is 35.4. The van der Waals surface area contributed by atoms with Crippen LogP contribution in [0.1, 0.15) is 145 Å². The van der Waals surface area contributed by atoms with Crippen LogP contribution in [0.2, 0.25) is 0 Å². The van der Waals surface area contributed by atoms with Gasteiger partial charge in [0.05, 0.1) is 35.6 Å². The molecule has 4 aromatic rings. The van der Waals surface area contributed by atoms with E-state index in [2.05, 4.69) is 116 Å². The maximum Gasteiger partial charge on any atom is 0.163 e. The molecular formula is C50H74N2O2. The number of nitrogens with zero attached hydrogens (tertiary/aromatic N) is 2. The fraction of sp³-hybridized carbons (Fsp3) is 0.600. The normalized spacial score (nSPS) is 14.0. The lowest BCUT2D eigenvalue weighted by Crippen LogP contribution is -2.09. The third kappa shape index (κ3) is 15.4. The number of hydrogen-bond donors (Lipinski definition) is 0. The van der Waals surface area contributed by atoms with Crippen molar-refractivity contribution in [3.63, 3.8) is 0 Å². The number of benzene rings is 3. The maximum atomic E-state index is 6.58. The molecule has 0 aliphatic carbocycles. The lowest BCUT2D eigenvalue weighted by molar-refractivity contribution is 0.237. The molecule has 0 radical (unpaired) electrons. The number of rotatable bonds is 26. The van der Waals surface area contributed by atoms with Crippen molar-refractivity contribution < 1.29 is 9.47 Å². The highest BCUT2D eigenvalue weighted by Crippen LogP contribution is 2.37. The number of ether oxygens (including phenoxy) is 2. The van der Waals surface area contributed by atoms with Gasteiger partial charge in [0.2, 0.25) is 0 Å². The van der Waals surface area contributed by atoms with Crippen molar-refractivity contribution in [2.45, 2.75) is 145 Å². The molecule has 4 rings (SSSR count). The Bertz CT molecular complexity index is 1480. The molecule has 1 heterocycles. The Balaban J connectivity index is 1.44. The molecule has 0 aliphatic heterocycles. The predicted molar refractivity (Wildman–Crippen MR) is 232 cm³/mol. The lowest BCUT2D eigenvalue weighted by Gasteiger charge is -2.18. The molecule has 1 aromatic heterocycles. The van der Waals surface area contributed by atoms with Crippen LogP contribution in [0.5, 0.6) is 11.5 Å². The van der Waals surface area contributed by atoms with Crippen molar-refractivity contribution in [1.29, 1.82) is 0 Å². The molecule has 0 amide bonds. The summed E-state index contributed by atoms with van der Waals surface area (Å²) in [5.41, 5.74) is 5.51. The fourth-order valence-corrected chi connectivity index (χ4v) is 7.58. The van der Waals surface area contributed by atoms with Gasteiger partial charge in [-0.3, -0.25) is 0 Å². The first-order chi connectivity index (χ1) is 26.1. The molecule has 0 bridgehead atoms. The monoisotopic (exact) mass is 735 g/mol. The van der Waals surface area contributed by atoms with Crippen LogP contribution in [-0.2, 0) is 0 Å². The second-order valence-electron chi connectivity index (χ2n) is 17.6. The van der Waals surface area contributed by atoms with Gasteiger partial charge in [-0.2, -0.15) is 0 Å². The Morgan fingerprint density at radius 1 is 0.407 bits per heavy atom. The van der Waals surface area contributed by atoms with Crippen molar-refractivity contribution >= 4 is 11.0 Å². The molecule has 4 nitrogen and oxygen atoms in total. The van der Waals surface area contributed by atoms with E-state index in [1.165, 1.54) is 77.0 Å². The van der Waals surface area contributed by atoms with Gasteiger partial charge in [0, 0.05) is 23.3 Å². The smallest absolute Gasteiger partial charge is 0.163 e.